The summed E-state index contributed by atoms with van der Waals surface area (Å²) in [5, 5.41) is 3.59. The number of benzene rings is 1. The Morgan fingerprint density at radius 1 is 1.19 bits per heavy atom. The number of nitrogens with one attached hydrogen (secondary N) is 1. The lowest BCUT2D eigenvalue weighted by atomic mass is 9.98. The third-order valence-electron chi connectivity index (χ3n) is 4.27. The molecule has 0 spiro atoms. The van der Waals surface area contributed by atoms with E-state index >= 15 is 0 Å². The first kappa shape index (κ1) is 15.2. The maximum Gasteiger partial charge on any atom is 0.162 e. The highest BCUT2D eigenvalue weighted by atomic mass is 79.9. The summed E-state index contributed by atoms with van der Waals surface area (Å²) in [5.41, 5.74) is 1.32. The fourth-order valence-corrected chi connectivity index (χ4v) is 3.19. The quantitative estimate of drug-likeness (QED) is 0.805. The summed E-state index contributed by atoms with van der Waals surface area (Å²) in [4.78, 5) is 0. The van der Waals surface area contributed by atoms with Gasteiger partial charge in [-0.2, -0.15) is 0 Å². The van der Waals surface area contributed by atoms with Crippen LogP contribution in [-0.4, -0.2) is 25.8 Å². The van der Waals surface area contributed by atoms with E-state index in [-0.39, 0.29) is 0 Å². The molecule has 3 nitrogen and oxygen atoms in total. The molecule has 0 bridgehead atoms. The van der Waals surface area contributed by atoms with Gasteiger partial charge in [0, 0.05) is 10.5 Å². The number of hydrogen-bond donors (Lipinski definition) is 1. The van der Waals surface area contributed by atoms with Gasteiger partial charge in [0.15, 0.2) is 11.5 Å². The lowest BCUT2D eigenvalue weighted by Crippen LogP contribution is -2.19. The Bertz CT molecular complexity index is 488. The molecule has 3 rings (SSSR count). The molecule has 1 aromatic rings. The fourth-order valence-electron chi connectivity index (χ4n) is 2.67. The minimum absolute atomic E-state index is 0.643. The molecule has 4 heteroatoms. The van der Waals surface area contributed by atoms with E-state index in [0.29, 0.717) is 13.2 Å². The fraction of sp³-hybridized carbons (Fsp3) is 0.647. The Morgan fingerprint density at radius 2 is 1.90 bits per heavy atom. The Morgan fingerprint density at radius 3 is 2.62 bits per heavy atom. The van der Waals surface area contributed by atoms with Crippen molar-refractivity contribution in [3.05, 3.63) is 22.2 Å². The highest BCUT2D eigenvalue weighted by Crippen LogP contribution is 2.36. The predicted molar refractivity (Wildman–Crippen MR) is 88.3 cm³/mol. The standard InChI is InChI=1S/C17H24BrNO2/c1-12(6-7-19-14-4-5-14)2-3-13-10-16-17(11-15(13)18)21-9-8-20-16/h10-12,14,19H,2-9H2,1H3. The zero-order valence-corrected chi connectivity index (χ0v) is 14.2. The average Bonchev–Trinajstić information content (AvgIpc) is 3.29. The average molecular weight is 354 g/mol. The van der Waals surface area contributed by atoms with Crippen molar-refractivity contribution in [3.63, 3.8) is 0 Å². The largest absolute Gasteiger partial charge is 0.486 e. The van der Waals surface area contributed by atoms with Crippen LogP contribution in [0.2, 0.25) is 0 Å². The van der Waals surface area contributed by atoms with Crippen molar-refractivity contribution in [2.75, 3.05) is 19.8 Å². The predicted octanol–water partition coefficient (Wildman–Crippen LogP) is 3.93. The molecule has 1 saturated carbocycles. The highest BCUT2D eigenvalue weighted by Gasteiger charge is 2.20. The zero-order valence-electron chi connectivity index (χ0n) is 12.7. The number of fused-ring (bicyclic) bond motifs is 1. The smallest absolute Gasteiger partial charge is 0.162 e. The molecule has 1 N–H and O–H groups in total. The van der Waals surface area contributed by atoms with Crippen molar-refractivity contribution < 1.29 is 9.47 Å². The van der Waals surface area contributed by atoms with E-state index in [1.54, 1.807) is 0 Å². The van der Waals surface area contributed by atoms with E-state index in [1.165, 1.54) is 31.2 Å². The van der Waals surface area contributed by atoms with Crippen LogP contribution in [0.1, 0.15) is 38.2 Å². The van der Waals surface area contributed by atoms with Gasteiger partial charge in [0.05, 0.1) is 0 Å². The summed E-state index contributed by atoms with van der Waals surface area (Å²) in [5.74, 6) is 2.50. The molecule has 1 heterocycles. The van der Waals surface area contributed by atoms with Crippen molar-refractivity contribution in [2.45, 2.75) is 45.1 Å². The van der Waals surface area contributed by atoms with Crippen LogP contribution in [0.5, 0.6) is 11.5 Å². The lowest BCUT2D eigenvalue weighted by Gasteiger charge is -2.20. The summed E-state index contributed by atoms with van der Waals surface area (Å²) < 4.78 is 12.4. The Balaban J connectivity index is 1.49. The van der Waals surface area contributed by atoms with Gasteiger partial charge in [0.25, 0.3) is 0 Å². The first-order valence-electron chi connectivity index (χ1n) is 8.04. The molecule has 0 radical (unpaired) electrons. The second-order valence-corrected chi connectivity index (χ2v) is 7.10. The van der Waals surface area contributed by atoms with Gasteiger partial charge in [-0.15, -0.1) is 0 Å². The number of hydrogen-bond acceptors (Lipinski definition) is 3. The molecule has 0 saturated heterocycles. The number of aryl methyl sites for hydroxylation is 1. The lowest BCUT2D eigenvalue weighted by molar-refractivity contribution is 0.171. The summed E-state index contributed by atoms with van der Waals surface area (Å²) >= 11 is 3.66. The van der Waals surface area contributed by atoms with E-state index in [1.807, 2.05) is 6.07 Å². The maximum absolute atomic E-state index is 5.67. The van der Waals surface area contributed by atoms with Gasteiger partial charge in [-0.1, -0.05) is 22.9 Å². The molecule has 1 unspecified atom stereocenters. The van der Waals surface area contributed by atoms with Gasteiger partial charge in [0.2, 0.25) is 0 Å². The third kappa shape index (κ3) is 4.36. The van der Waals surface area contributed by atoms with Crippen molar-refractivity contribution in [3.8, 4) is 11.5 Å². The molecular weight excluding hydrogens is 330 g/mol. The number of rotatable bonds is 7. The molecule has 1 aromatic carbocycles. The molecule has 116 valence electrons. The van der Waals surface area contributed by atoms with Crippen molar-refractivity contribution >= 4 is 15.9 Å². The van der Waals surface area contributed by atoms with Crippen molar-refractivity contribution in [2.24, 2.45) is 5.92 Å². The van der Waals surface area contributed by atoms with Crippen LogP contribution in [0.4, 0.5) is 0 Å². The Kier molecular flexibility index (Phi) is 5.07. The molecule has 21 heavy (non-hydrogen) atoms. The minimum Gasteiger partial charge on any atom is -0.486 e. The summed E-state index contributed by atoms with van der Waals surface area (Å²) in [6.45, 7) is 4.80. The Labute approximate surface area is 135 Å². The van der Waals surface area contributed by atoms with Crippen LogP contribution in [-0.2, 0) is 6.42 Å². The summed E-state index contributed by atoms with van der Waals surface area (Å²) in [6.07, 6.45) is 6.31. The monoisotopic (exact) mass is 353 g/mol. The molecule has 1 aliphatic heterocycles. The van der Waals surface area contributed by atoms with Gasteiger partial charge in [-0.25, -0.2) is 0 Å². The zero-order chi connectivity index (χ0) is 14.7. The van der Waals surface area contributed by atoms with E-state index in [4.69, 9.17) is 9.47 Å². The van der Waals surface area contributed by atoms with E-state index in [2.05, 4.69) is 34.2 Å². The first-order valence-corrected chi connectivity index (χ1v) is 8.83. The third-order valence-corrected chi connectivity index (χ3v) is 5.00. The maximum atomic E-state index is 5.67. The summed E-state index contributed by atoms with van der Waals surface area (Å²) in [6, 6.07) is 5.00. The van der Waals surface area contributed by atoms with Gasteiger partial charge < -0.3 is 14.8 Å². The molecule has 1 fully saturated rings. The van der Waals surface area contributed by atoms with Gasteiger partial charge >= 0.3 is 0 Å². The van der Waals surface area contributed by atoms with Crippen LogP contribution in [0, 0.1) is 5.92 Å². The topological polar surface area (TPSA) is 30.5 Å². The number of ether oxygens (including phenoxy) is 2. The first-order chi connectivity index (χ1) is 10.2. The highest BCUT2D eigenvalue weighted by molar-refractivity contribution is 9.10. The van der Waals surface area contributed by atoms with E-state index < -0.39 is 0 Å². The minimum atomic E-state index is 0.643. The van der Waals surface area contributed by atoms with Crippen molar-refractivity contribution in [1.82, 2.24) is 5.32 Å². The van der Waals surface area contributed by atoms with Crippen LogP contribution < -0.4 is 14.8 Å². The second kappa shape index (κ2) is 7.01. The van der Waals surface area contributed by atoms with Gasteiger partial charge in [-0.05, 0) is 62.3 Å². The van der Waals surface area contributed by atoms with Gasteiger partial charge in [-0.3, -0.25) is 0 Å². The van der Waals surface area contributed by atoms with Crippen LogP contribution in [0.25, 0.3) is 0 Å². The second-order valence-electron chi connectivity index (χ2n) is 6.25. The SMILES string of the molecule is CC(CCNC1CC1)CCc1cc2c(cc1Br)OCCO2. The molecule has 0 amide bonds. The van der Waals surface area contributed by atoms with E-state index in [0.717, 1.165) is 40.9 Å². The number of halogens is 1. The molecule has 1 aliphatic carbocycles. The molecule has 2 aliphatic rings. The molecule has 0 aromatic heterocycles. The van der Waals surface area contributed by atoms with Gasteiger partial charge in [0.1, 0.15) is 13.2 Å². The Hall–Kier alpha value is -0.740. The van der Waals surface area contributed by atoms with Crippen LogP contribution >= 0.6 is 15.9 Å². The van der Waals surface area contributed by atoms with Crippen LogP contribution in [0.15, 0.2) is 16.6 Å². The van der Waals surface area contributed by atoms with Crippen molar-refractivity contribution in [1.29, 1.82) is 0 Å². The molecular formula is C17H24BrNO2. The van der Waals surface area contributed by atoms with Crippen LogP contribution in [0.3, 0.4) is 0 Å². The van der Waals surface area contributed by atoms with E-state index in [9.17, 15) is 0 Å². The molecule has 1 atom stereocenters. The normalized spacial score (nSPS) is 18.6. The summed E-state index contributed by atoms with van der Waals surface area (Å²) in [7, 11) is 0.